The molecule has 0 spiro atoms. The highest BCUT2D eigenvalue weighted by Crippen LogP contribution is 2.26. The molecule has 102 valence electrons. The van der Waals surface area contributed by atoms with Crippen LogP contribution < -0.4 is 5.32 Å². The molecule has 4 heteroatoms. The number of benzene rings is 2. The van der Waals surface area contributed by atoms with Crippen LogP contribution in [0.5, 0.6) is 0 Å². The number of anilines is 1. The summed E-state index contributed by atoms with van der Waals surface area (Å²) in [6.07, 6.45) is 0.729. The van der Waals surface area contributed by atoms with Crippen molar-refractivity contribution in [2.75, 3.05) is 5.32 Å². The molecule has 0 radical (unpaired) electrons. The summed E-state index contributed by atoms with van der Waals surface area (Å²) in [5, 5.41) is 12.2. The van der Waals surface area contributed by atoms with Crippen molar-refractivity contribution >= 4 is 5.69 Å². The van der Waals surface area contributed by atoms with Gasteiger partial charge in [-0.2, -0.15) is 5.26 Å². The first kappa shape index (κ1) is 14.0. The number of nitrogens with zero attached hydrogens (tertiary/aromatic N) is 1. The first-order valence-electron chi connectivity index (χ1n) is 6.36. The maximum absolute atomic E-state index is 13.5. The molecule has 2 aromatic rings. The van der Waals surface area contributed by atoms with E-state index in [9.17, 15) is 8.78 Å². The van der Waals surface area contributed by atoms with Crippen LogP contribution in [0.3, 0.4) is 0 Å². The van der Waals surface area contributed by atoms with Crippen LogP contribution >= 0.6 is 0 Å². The van der Waals surface area contributed by atoms with Crippen molar-refractivity contribution in [3.8, 4) is 6.07 Å². The summed E-state index contributed by atoms with van der Waals surface area (Å²) >= 11 is 0. The number of hydrogen-bond acceptors (Lipinski definition) is 2. The molecular formula is C16H14F2N2. The van der Waals surface area contributed by atoms with Gasteiger partial charge in [-0.1, -0.05) is 25.1 Å². The summed E-state index contributed by atoms with van der Waals surface area (Å²) in [6, 6.07) is 12.3. The third-order valence-electron chi connectivity index (χ3n) is 3.14. The maximum Gasteiger partial charge on any atom is 0.143 e. The van der Waals surface area contributed by atoms with Gasteiger partial charge in [-0.05, 0) is 36.2 Å². The lowest BCUT2D eigenvalue weighted by Crippen LogP contribution is -2.11. The van der Waals surface area contributed by atoms with Gasteiger partial charge in [-0.15, -0.1) is 0 Å². The van der Waals surface area contributed by atoms with Gasteiger partial charge in [0.05, 0.1) is 11.7 Å². The molecular weight excluding hydrogens is 258 g/mol. The average molecular weight is 272 g/mol. The second-order valence-corrected chi connectivity index (χ2v) is 4.43. The number of halogens is 2. The minimum Gasteiger partial charge on any atom is -0.377 e. The van der Waals surface area contributed by atoms with Gasteiger partial charge in [-0.25, -0.2) is 8.78 Å². The highest BCUT2D eigenvalue weighted by Gasteiger charge is 2.13. The van der Waals surface area contributed by atoms with E-state index in [0.29, 0.717) is 5.69 Å². The molecule has 1 N–H and O–H groups in total. The molecule has 0 aliphatic heterocycles. The highest BCUT2D eigenvalue weighted by molar-refractivity contribution is 5.59. The first-order chi connectivity index (χ1) is 9.65. The molecule has 0 heterocycles. The first-order valence-corrected chi connectivity index (χ1v) is 6.36. The molecule has 0 aliphatic carbocycles. The zero-order valence-electron chi connectivity index (χ0n) is 11.0. The highest BCUT2D eigenvalue weighted by atomic mass is 19.1. The molecule has 0 amide bonds. The fourth-order valence-corrected chi connectivity index (χ4v) is 2.06. The predicted molar refractivity (Wildman–Crippen MR) is 74.2 cm³/mol. The van der Waals surface area contributed by atoms with E-state index in [1.165, 1.54) is 18.2 Å². The minimum atomic E-state index is -0.550. The van der Waals surface area contributed by atoms with Crippen LogP contribution in [0.15, 0.2) is 42.5 Å². The van der Waals surface area contributed by atoms with Gasteiger partial charge in [0, 0.05) is 0 Å². The maximum atomic E-state index is 13.5. The Morgan fingerprint density at radius 1 is 1.15 bits per heavy atom. The van der Waals surface area contributed by atoms with Crippen molar-refractivity contribution in [3.05, 3.63) is 65.2 Å². The Bertz CT molecular complexity index is 630. The van der Waals surface area contributed by atoms with Crippen molar-refractivity contribution in [1.82, 2.24) is 0 Å². The Labute approximate surface area is 116 Å². The van der Waals surface area contributed by atoms with Crippen LogP contribution in [0.1, 0.15) is 30.5 Å². The Morgan fingerprint density at radius 2 is 1.85 bits per heavy atom. The van der Waals surface area contributed by atoms with E-state index in [-0.39, 0.29) is 17.4 Å². The van der Waals surface area contributed by atoms with E-state index in [1.807, 2.05) is 13.0 Å². The molecule has 0 fully saturated rings. The van der Waals surface area contributed by atoms with E-state index in [0.717, 1.165) is 12.0 Å². The SMILES string of the molecule is CCC(Nc1cccc(F)c1C#N)c1ccc(F)cc1. The summed E-state index contributed by atoms with van der Waals surface area (Å²) in [4.78, 5) is 0. The average Bonchev–Trinajstić information content (AvgIpc) is 2.46. The molecule has 0 aromatic heterocycles. The Morgan fingerprint density at radius 3 is 2.45 bits per heavy atom. The standard InChI is InChI=1S/C16H14F2N2/c1-2-15(11-6-8-12(17)9-7-11)20-16-5-3-4-14(18)13(16)10-19/h3-9,15,20H,2H2,1H3. The number of nitrogens with one attached hydrogen (secondary N) is 1. The molecule has 0 saturated heterocycles. The normalized spacial score (nSPS) is 11.7. The smallest absolute Gasteiger partial charge is 0.143 e. The molecule has 2 aromatic carbocycles. The molecule has 0 saturated carbocycles. The lowest BCUT2D eigenvalue weighted by Gasteiger charge is -2.19. The summed E-state index contributed by atoms with van der Waals surface area (Å²) in [6.45, 7) is 1.96. The van der Waals surface area contributed by atoms with Gasteiger partial charge >= 0.3 is 0 Å². The summed E-state index contributed by atoms with van der Waals surface area (Å²) in [5.74, 6) is -0.849. The summed E-state index contributed by atoms with van der Waals surface area (Å²) in [7, 11) is 0. The van der Waals surface area contributed by atoms with E-state index < -0.39 is 5.82 Å². The quantitative estimate of drug-likeness (QED) is 0.895. The molecule has 20 heavy (non-hydrogen) atoms. The van der Waals surface area contributed by atoms with Gasteiger partial charge in [0.15, 0.2) is 0 Å². The largest absolute Gasteiger partial charge is 0.377 e. The van der Waals surface area contributed by atoms with Crippen molar-refractivity contribution in [3.63, 3.8) is 0 Å². The van der Waals surface area contributed by atoms with Gasteiger partial charge in [-0.3, -0.25) is 0 Å². The minimum absolute atomic E-state index is 0.00642. The molecule has 0 bridgehead atoms. The zero-order valence-corrected chi connectivity index (χ0v) is 11.0. The van der Waals surface area contributed by atoms with Crippen molar-refractivity contribution < 1.29 is 8.78 Å². The number of rotatable bonds is 4. The Balaban J connectivity index is 2.30. The molecule has 1 unspecified atom stereocenters. The lowest BCUT2D eigenvalue weighted by molar-refractivity contribution is 0.622. The number of hydrogen-bond donors (Lipinski definition) is 1. The molecule has 0 aliphatic rings. The van der Waals surface area contributed by atoms with Gasteiger partial charge < -0.3 is 5.32 Å². The van der Waals surface area contributed by atoms with Crippen LogP contribution in [-0.2, 0) is 0 Å². The fraction of sp³-hybridized carbons (Fsp3) is 0.188. The summed E-state index contributed by atoms with van der Waals surface area (Å²) in [5.41, 5.74) is 1.33. The lowest BCUT2D eigenvalue weighted by atomic mass is 10.0. The van der Waals surface area contributed by atoms with E-state index in [1.54, 1.807) is 24.3 Å². The zero-order chi connectivity index (χ0) is 14.5. The monoisotopic (exact) mass is 272 g/mol. The van der Waals surface area contributed by atoms with Gasteiger partial charge in [0.1, 0.15) is 23.3 Å². The Hall–Kier alpha value is -2.41. The van der Waals surface area contributed by atoms with Gasteiger partial charge in [0.25, 0.3) is 0 Å². The van der Waals surface area contributed by atoms with Crippen LogP contribution in [0, 0.1) is 23.0 Å². The van der Waals surface area contributed by atoms with E-state index in [4.69, 9.17) is 5.26 Å². The third-order valence-corrected chi connectivity index (χ3v) is 3.14. The van der Waals surface area contributed by atoms with Crippen LogP contribution in [0.2, 0.25) is 0 Å². The Kier molecular flexibility index (Phi) is 4.31. The second kappa shape index (κ2) is 6.16. The number of nitriles is 1. The van der Waals surface area contributed by atoms with Crippen LogP contribution in [0.4, 0.5) is 14.5 Å². The fourth-order valence-electron chi connectivity index (χ4n) is 2.06. The summed E-state index contributed by atoms with van der Waals surface area (Å²) < 4.78 is 26.5. The topological polar surface area (TPSA) is 35.8 Å². The molecule has 2 nitrogen and oxygen atoms in total. The predicted octanol–water partition coefficient (Wildman–Crippen LogP) is 4.40. The second-order valence-electron chi connectivity index (χ2n) is 4.43. The third kappa shape index (κ3) is 2.94. The van der Waals surface area contributed by atoms with Crippen molar-refractivity contribution in [2.45, 2.75) is 19.4 Å². The van der Waals surface area contributed by atoms with E-state index >= 15 is 0 Å². The van der Waals surface area contributed by atoms with Crippen molar-refractivity contribution in [1.29, 1.82) is 5.26 Å². The molecule has 2 rings (SSSR count). The van der Waals surface area contributed by atoms with E-state index in [2.05, 4.69) is 5.32 Å². The van der Waals surface area contributed by atoms with Crippen LogP contribution in [-0.4, -0.2) is 0 Å². The van der Waals surface area contributed by atoms with Gasteiger partial charge in [0.2, 0.25) is 0 Å². The van der Waals surface area contributed by atoms with Crippen LogP contribution in [0.25, 0.3) is 0 Å². The molecule has 1 atom stereocenters. The van der Waals surface area contributed by atoms with Crippen molar-refractivity contribution in [2.24, 2.45) is 0 Å².